The highest BCUT2D eigenvalue weighted by Gasteiger charge is 2.22. The maximum atomic E-state index is 9.77. The van der Waals surface area contributed by atoms with E-state index < -0.39 is 5.60 Å². The highest BCUT2D eigenvalue weighted by atomic mass is 16.5. The second kappa shape index (κ2) is 7.39. The second-order valence-corrected chi connectivity index (χ2v) is 6.97. The molecule has 1 unspecified atom stereocenters. The molecular weight excluding hydrogens is 262 g/mol. The predicted octanol–water partition coefficient (Wildman–Crippen LogP) is 2.86. The molecule has 0 radical (unpaired) electrons. The fourth-order valence-corrected chi connectivity index (χ4v) is 2.95. The lowest BCUT2D eigenvalue weighted by molar-refractivity contribution is 0.0714. The molecule has 1 aromatic rings. The molecule has 118 valence electrons. The molecule has 1 aliphatic heterocycles. The van der Waals surface area contributed by atoms with E-state index >= 15 is 0 Å². The van der Waals surface area contributed by atoms with Gasteiger partial charge < -0.3 is 9.84 Å². The van der Waals surface area contributed by atoms with Gasteiger partial charge in [0.25, 0.3) is 0 Å². The quantitative estimate of drug-likeness (QED) is 0.838. The Morgan fingerprint density at radius 3 is 2.52 bits per heavy atom. The summed E-state index contributed by atoms with van der Waals surface area (Å²) in [6.07, 6.45) is 2.98. The molecule has 3 nitrogen and oxygen atoms in total. The molecule has 0 saturated carbocycles. The third kappa shape index (κ3) is 5.77. The Bertz CT molecular complexity index is 422. The number of aliphatic hydroxyl groups is 1. The Kier molecular flexibility index (Phi) is 5.80. The van der Waals surface area contributed by atoms with Crippen molar-refractivity contribution in [2.24, 2.45) is 5.92 Å². The summed E-state index contributed by atoms with van der Waals surface area (Å²) < 4.78 is 5.25. The number of methoxy groups -OCH3 is 1. The second-order valence-electron chi connectivity index (χ2n) is 6.97. The van der Waals surface area contributed by atoms with Crippen LogP contribution in [0.2, 0.25) is 0 Å². The molecule has 0 aromatic heterocycles. The van der Waals surface area contributed by atoms with Gasteiger partial charge in [0.05, 0.1) is 12.2 Å². The topological polar surface area (TPSA) is 32.7 Å². The lowest BCUT2D eigenvalue weighted by atomic mass is 9.98. The molecule has 1 fully saturated rings. The van der Waals surface area contributed by atoms with Crippen molar-refractivity contribution in [2.45, 2.75) is 45.3 Å². The molecule has 1 heterocycles. The van der Waals surface area contributed by atoms with Crippen LogP contribution in [0.3, 0.4) is 0 Å². The van der Waals surface area contributed by atoms with Gasteiger partial charge in [-0.25, -0.2) is 0 Å². The summed E-state index contributed by atoms with van der Waals surface area (Å²) in [5.41, 5.74) is 2.10. The normalized spacial score (nSPS) is 20.1. The monoisotopic (exact) mass is 291 g/mol. The summed E-state index contributed by atoms with van der Waals surface area (Å²) in [6.45, 7) is 7.97. The van der Waals surface area contributed by atoms with Gasteiger partial charge in [0, 0.05) is 20.2 Å². The average Bonchev–Trinajstić information content (AvgIpc) is 2.85. The molecule has 0 bridgehead atoms. The molecule has 21 heavy (non-hydrogen) atoms. The highest BCUT2D eigenvalue weighted by molar-refractivity contribution is 5.23. The highest BCUT2D eigenvalue weighted by Crippen LogP contribution is 2.19. The summed E-state index contributed by atoms with van der Waals surface area (Å²) in [4.78, 5) is 2.51. The lowest BCUT2D eigenvalue weighted by Gasteiger charge is -2.18. The minimum atomic E-state index is -0.579. The number of hydrogen-bond acceptors (Lipinski definition) is 3. The van der Waals surface area contributed by atoms with Gasteiger partial charge in [0.1, 0.15) is 0 Å². The van der Waals surface area contributed by atoms with Gasteiger partial charge in [-0.2, -0.15) is 0 Å². The van der Waals surface area contributed by atoms with E-state index in [0.29, 0.717) is 5.92 Å². The van der Waals surface area contributed by atoms with E-state index in [4.69, 9.17) is 4.74 Å². The van der Waals surface area contributed by atoms with Gasteiger partial charge in [0.2, 0.25) is 0 Å². The maximum absolute atomic E-state index is 9.77. The molecule has 2 rings (SSSR count). The fourth-order valence-electron chi connectivity index (χ4n) is 2.95. The van der Waals surface area contributed by atoms with E-state index in [1.807, 2.05) is 13.8 Å². The zero-order chi connectivity index (χ0) is 15.3. The third-order valence-electron chi connectivity index (χ3n) is 4.23. The van der Waals surface area contributed by atoms with Crippen molar-refractivity contribution < 1.29 is 9.84 Å². The number of benzene rings is 1. The van der Waals surface area contributed by atoms with Crippen molar-refractivity contribution in [3.05, 3.63) is 35.4 Å². The first-order valence-corrected chi connectivity index (χ1v) is 7.98. The summed E-state index contributed by atoms with van der Waals surface area (Å²) in [5.74, 6) is 0.695. The predicted molar refractivity (Wildman–Crippen MR) is 86.3 cm³/mol. The molecule has 0 spiro atoms. The Hall–Kier alpha value is -0.900. The van der Waals surface area contributed by atoms with Crippen molar-refractivity contribution in [1.29, 1.82) is 0 Å². The average molecular weight is 291 g/mol. The molecule has 0 aliphatic carbocycles. The van der Waals surface area contributed by atoms with E-state index in [0.717, 1.165) is 32.5 Å². The summed E-state index contributed by atoms with van der Waals surface area (Å²) in [7, 11) is 1.79. The van der Waals surface area contributed by atoms with Crippen molar-refractivity contribution in [3.63, 3.8) is 0 Å². The van der Waals surface area contributed by atoms with Gasteiger partial charge in [0.15, 0.2) is 0 Å². The number of likely N-dealkylation sites (tertiary alicyclic amines) is 1. The van der Waals surface area contributed by atoms with Gasteiger partial charge in [-0.1, -0.05) is 24.3 Å². The third-order valence-corrected chi connectivity index (χ3v) is 4.23. The zero-order valence-electron chi connectivity index (χ0n) is 13.6. The van der Waals surface area contributed by atoms with E-state index in [9.17, 15) is 5.11 Å². The van der Waals surface area contributed by atoms with E-state index in [1.54, 1.807) is 7.11 Å². The fraction of sp³-hybridized carbons (Fsp3) is 0.667. The molecule has 1 saturated heterocycles. The number of hydrogen-bond donors (Lipinski definition) is 1. The van der Waals surface area contributed by atoms with Crippen LogP contribution >= 0.6 is 0 Å². The Labute approximate surface area is 128 Å². The number of rotatable bonds is 7. The van der Waals surface area contributed by atoms with Crippen LogP contribution in [0.1, 0.15) is 37.8 Å². The first kappa shape index (κ1) is 16.5. The van der Waals surface area contributed by atoms with Crippen LogP contribution in [-0.4, -0.2) is 42.4 Å². The molecular formula is C18H29NO2. The van der Waals surface area contributed by atoms with E-state index in [2.05, 4.69) is 29.2 Å². The molecule has 0 amide bonds. The molecule has 1 aliphatic rings. The van der Waals surface area contributed by atoms with Crippen molar-refractivity contribution >= 4 is 0 Å². The van der Waals surface area contributed by atoms with Crippen LogP contribution in [-0.2, 0) is 17.7 Å². The number of nitrogens with zero attached hydrogens (tertiary/aromatic N) is 1. The van der Waals surface area contributed by atoms with E-state index in [1.165, 1.54) is 24.1 Å². The largest absolute Gasteiger partial charge is 0.390 e. The van der Waals surface area contributed by atoms with Crippen molar-refractivity contribution in [2.75, 3.05) is 26.8 Å². The van der Waals surface area contributed by atoms with Gasteiger partial charge in [-0.3, -0.25) is 4.90 Å². The van der Waals surface area contributed by atoms with Gasteiger partial charge in [-0.05, 0) is 56.7 Å². The Morgan fingerprint density at radius 1 is 1.24 bits per heavy atom. The summed E-state index contributed by atoms with van der Waals surface area (Å²) in [5, 5.41) is 9.77. The minimum Gasteiger partial charge on any atom is -0.390 e. The minimum absolute atomic E-state index is 0.579. The maximum Gasteiger partial charge on any atom is 0.0594 e. The number of aryl methyl sites for hydroxylation is 1. The van der Waals surface area contributed by atoms with Crippen molar-refractivity contribution in [3.8, 4) is 0 Å². The van der Waals surface area contributed by atoms with Crippen LogP contribution in [0.25, 0.3) is 0 Å². The molecule has 1 N–H and O–H groups in total. The van der Waals surface area contributed by atoms with E-state index in [-0.39, 0.29) is 0 Å². The van der Waals surface area contributed by atoms with Crippen LogP contribution in [0.5, 0.6) is 0 Å². The summed E-state index contributed by atoms with van der Waals surface area (Å²) >= 11 is 0. The van der Waals surface area contributed by atoms with Crippen LogP contribution < -0.4 is 0 Å². The Morgan fingerprint density at radius 2 is 1.90 bits per heavy atom. The SMILES string of the molecule is COCC1CCN(Cc2ccc(CCC(C)(C)O)cc2)C1. The molecule has 1 aromatic carbocycles. The standard InChI is InChI=1S/C18H29NO2/c1-18(2,20)10-8-15-4-6-16(7-5-15)12-19-11-9-17(13-19)14-21-3/h4-7,17,20H,8-14H2,1-3H3. The lowest BCUT2D eigenvalue weighted by Crippen LogP contribution is -2.21. The van der Waals surface area contributed by atoms with Crippen LogP contribution in [0.4, 0.5) is 0 Å². The Balaban J connectivity index is 1.80. The number of ether oxygens (including phenoxy) is 1. The van der Waals surface area contributed by atoms with Crippen LogP contribution in [0.15, 0.2) is 24.3 Å². The smallest absolute Gasteiger partial charge is 0.0594 e. The first-order valence-electron chi connectivity index (χ1n) is 7.98. The molecule has 3 heteroatoms. The van der Waals surface area contributed by atoms with Crippen molar-refractivity contribution in [1.82, 2.24) is 4.90 Å². The first-order chi connectivity index (χ1) is 9.96. The van der Waals surface area contributed by atoms with Gasteiger partial charge in [-0.15, -0.1) is 0 Å². The molecule has 1 atom stereocenters. The van der Waals surface area contributed by atoms with Crippen LogP contribution in [0, 0.1) is 5.92 Å². The summed E-state index contributed by atoms with van der Waals surface area (Å²) in [6, 6.07) is 8.85. The zero-order valence-corrected chi connectivity index (χ0v) is 13.6. The van der Waals surface area contributed by atoms with Gasteiger partial charge >= 0.3 is 0 Å².